The van der Waals surface area contributed by atoms with Gasteiger partial charge in [-0.15, -0.1) is 0 Å². The summed E-state index contributed by atoms with van der Waals surface area (Å²) in [6.45, 7) is 7.76. The lowest BCUT2D eigenvalue weighted by Crippen LogP contribution is -2.60. The monoisotopic (exact) mass is 410 g/mol. The number of fused-ring (bicyclic) bond motifs is 1. The minimum absolute atomic E-state index is 0.0117. The molecule has 0 aromatic carbocycles. The number of methoxy groups -OCH3 is 1. The molecule has 6 atom stereocenters. The van der Waals surface area contributed by atoms with E-state index in [1.165, 1.54) is 6.92 Å². The number of aliphatic hydroxyl groups is 3. The predicted molar refractivity (Wildman–Crippen MR) is 98.2 cm³/mol. The van der Waals surface area contributed by atoms with Gasteiger partial charge in [-0.2, -0.15) is 0 Å². The number of carbonyl (C=O) groups is 4. The van der Waals surface area contributed by atoms with Crippen molar-refractivity contribution in [2.45, 2.75) is 44.5 Å². The number of ether oxygens (including phenoxy) is 2. The first-order chi connectivity index (χ1) is 13.5. The molecule has 0 spiro atoms. The molecule has 2 aliphatic rings. The van der Waals surface area contributed by atoms with Crippen LogP contribution in [0.15, 0.2) is 24.3 Å². The maximum Gasteiger partial charge on any atom is 0.336 e. The lowest BCUT2D eigenvalue weighted by molar-refractivity contribution is -0.179. The number of hydrogen-bond donors (Lipinski definition) is 3. The van der Waals surface area contributed by atoms with Crippen LogP contribution in [-0.4, -0.2) is 70.9 Å². The van der Waals surface area contributed by atoms with E-state index in [9.17, 15) is 29.4 Å². The maximum absolute atomic E-state index is 12.6. The SMILES string of the molecule is C=C(C(=O)OC)[C@@H]1[C@H](O)[C@@H]2C(=O)CCC(=O)[C@]2(C)C[C@H]1OC(=O)C(=C)[C@H](O)CO. The van der Waals surface area contributed by atoms with E-state index in [4.69, 9.17) is 9.84 Å². The molecule has 0 heterocycles. The smallest absolute Gasteiger partial charge is 0.336 e. The molecule has 9 heteroatoms. The third-order valence-corrected chi connectivity index (χ3v) is 5.95. The van der Waals surface area contributed by atoms with Gasteiger partial charge in [-0.05, 0) is 6.42 Å². The summed E-state index contributed by atoms with van der Waals surface area (Å²) in [6.07, 6.45) is -4.41. The predicted octanol–water partition coefficient (Wildman–Crippen LogP) is -0.528. The van der Waals surface area contributed by atoms with Crippen molar-refractivity contribution in [3.05, 3.63) is 24.3 Å². The summed E-state index contributed by atoms with van der Waals surface area (Å²) in [4.78, 5) is 49.6. The summed E-state index contributed by atoms with van der Waals surface area (Å²) in [5.74, 6) is -4.76. The van der Waals surface area contributed by atoms with Gasteiger partial charge >= 0.3 is 11.9 Å². The maximum atomic E-state index is 12.6. The molecule has 0 saturated heterocycles. The summed E-state index contributed by atoms with van der Waals surface area (Å²) in [6, 6.07) is 0. The molecule has 0 aromatic heterocycles. The van der Waals surface area contributed by atoms with Crippen LogP contribution in [0, 0.1) is 17.3 Å². The minimum atomic E-state index is -1.56. The van der Waals surface area contributed by atoms with Gasteiger partial charge in [0.25, 0.3) is 0 Å². The van der Waals surface area contributed by atoms with E-state index >= 15 is 0 Å². The molecule has 2 aliphatic carbocycles. The van der Waals surface area contributed by atoms with Crippen LogP contribution in [0.3, 0.4) is 0 Å². The number of carbonyl (C=O) groups excluding carboxylic acids is 4. The topological polar surface area (TPSA) is 147 Å². The van der Waals surface area contributed by atoms with Gasteiger partial charge < -0.3 is 24.8 Å². The molecule has 0 radical (unpaired) electrons. The van der Waals surface area contributed by atoms with Gasteiger partial charge in [0.1, 0.15) is 23.8 Å². The van der Waals surface area contributed by atoms with Crippen LogP contribution in [0.4, 0.5) is 0 Å². The van der Waals surface area contributed by atoms with Crippen molar-refractivity contribution in [3.8, 4) is 0 Å². The highest BCUT2D eigenvalue weighted by atomic mass is 16.5. The van der Waals surface area contributed by atoms with Crippen molar-refractivity contribution in [3.63, 3.8) is 0 Å². The fraction of sp³-hybridized carbons (Fsp3) is 0.600. The summed E-state index contributed by atoms with van der Waals surface area (Å²) in [7, 11) is 1.11. The van der Waals surface area contributed by atoms with E-state index in [0.29, 0.717) is 0 Å². The van der Waals surface area contributed by atoms with Gasteiger partial charge in [0.2, 0.25) is 0 Å². The number of aliphatic hydroxyl groups excluding tert-OH is 3. The first-order valence-corrected chi connectivity index (χ1v) is 9.19. The molecule has 0 amide bonds. The number of rotatable bonds is 6. The molecular formula is C20H26O9. The lowest BCUT2D eigenvalue weighted by Gasteiger charge is -2.50. The van der Waals surface area contributed by atoms with Gasteiger partial charge in [0.05, 0.1) is 37.2 Å². The standard InChI is InChI=1S/C20H26O9/c1-9(12(23)8-21)19(27)29-13-7-20(3)14(24)6-5-11(22)16(20)17(25)15(13)10(2)18(26)28-4/h12-13,15-17,21,23,25H,1-2,5-8H2,3-4H3/t12-,13-,15+,16+,17+,20+/m1/s1. The number of Topliss-reactive ketones (excluding diaryl/α,β-unsaturated/α-hetero) is 2. The lowest BCUT2D eigenvalue weighted by atomic mass is 9.54. The van der Waals surface area contributed by atoms with Crippen LogP contribution < -0.4 is 0 Å². The van der Waals surface area contributed by atoms with Gasteiger partial charge in [-0.3, -0.25) is 9.59 Å². The molecule has 160 valence electrons. The van der Waals surface area contributed by atoms with Crippen molar-refractivity contribution >= 4 is 23.5 Å². The van der Waals surface area contributed by atoms with Crippen LogP contribution in [0.5, 0.6) is 0 Å². The van der Waals surface area contributed by atoms with E-state index < -0.39 is 59.7 Å². The van der Waals surface area contributed by atoms with Crippen molar-refractivity contribution < 1.29 is 44.0 Å². The average molecular weight is 410 g/mol. The summed E-state index contributed by atoms with van der Waals surface area (Å²) in [5.41, 5.74) is -1.93. The van der Waals surface area contributed by atoms with Crippen molar-refractivity contribution in [1.29, 1.82) is 0 Å². The summed E-state index contributed by atoms with van der Waals surface area (Å²) < 4.78 is 10.0. The van der Waals surface area contributed by atoms with E-state index in [1.54, 1.807) is 0 Å². The summed E-state index contributed by atoms with van der Waals surface area (Å²) >= 11 is 0. The van der Waals surface area contributed by atoms with Crippen LogP contribution in [-0.2, 0) is 28.7 Å². The zero-order chi connectivity index (χ0) is 22.1. The van der Waals surface area contributed by atoms with Gasteiger partial charge in [0, 0.05) is 23.8 Å². The molecule has 29 heavy (non-hydrogen) atoms. The molecule has 0 unspecified atom stereocenters. The third-order valence-electron chi connectivity index (χ3n) is 5.95. The minimum Gasteiger partial charge on any atom is -0.466 e. The second-order valence-electron chi connectivity index (χ2n) is 7.69. The Bertz CT molecular complexity index is 755. The van der Waals surface area contributed by atoms with E-state index in [-0.39, 0.29) is 36.4 Å². The highest BCUT2D eigenvalue weighted by Crippen LogP contribution is 2.51. The van der Waals surface area contributed by atoms with E-state index in [1.807, 2.05) is 0 Å². The fourth-order valence-electron chi connectivity index (χ4n) is 4.26. The Morgan fingerprint density at radius 2 is 1.86 bits per heavy atom. The molecular weight excluding hydrogens is 384 g/mol. The summed E-state index contributed by atoms with van der Waals surface area (Å²) in [5, 5.41) is 29.6. The Hall–Kier alpha value is -2.36. The Morgan fingerprint density at radius 1 is 1.24 bits per heavy atom. The molecule has 2 saturated carbocycles. The Morgan fingerprint density at radius 3 is 2.41 bits per heavy atom. The van der Waals surface area contributed by atoms with Gasteiger partial charge in [-0.1, -0.05) is 20.1 Å². The zero-order valence-electron chi connectivity index (χ0n) is 16.4. The Balaban J connectivity index is 2.44. The van der Waals surface area contributed by atoms with E-state index in [0.717, 1.165) is 7.11 Å². The average Bonchev–Trinajstić information content (AvgIpc) is 2.68. The quantitative estimate of drug-likeness (QED) is 0.388. The van der Waals surface area contributed by atoms with Crippen LogP contribution in [0.2, 0.25) is 0 Å². The molecule has 0 bridgehead atoms. The second-order valence-corrected chi connectivity index (χ2v) is 7.69. The van der Waals surface area contributed by atoms with Gasteiger partial charge in [0.15, 0.2) is 0 Å². The van der Waals surface area contributed by atoms with Crippen molar-refractivity contribution in [2.24, 2.45) is 17.3 Å². The second kappa shape index (κ2) is 8.56. The van der Waals surface area contributed by atoms with Crippen LogP contribution >= 0.6 is 0 Å². The highest BCUT2D eigenvalue weighted by Gasteiger charge is 2.60. The third kappa shape index (κ3) is 4.03. The molecule has 2 rings (SSSR count). The van der Waals surface area contributed by atoms with Crippen molar-refractivity contribution in [1.82, 2.24) is 0 Å². The molecule has 3 N–H and O–H groups in total. The fourth-order valence-corrected chi connectivity index (χ4v) is 4.26. The molecule has 2 fully saturated rings. The first-order valence-electron chi connectivity index (χ1n) is 9.19. The normalized spacial score (nSPS) is 32.7. The number of esters is 2. The zero-order valence-corrected chi connectivity index (χ0v) is 16.4. The number of ketones is 2. The van der Waals surface area contributed by atoms with E-state index in [2.05, 4.69) is 17.9 Å². The highest BCUT2D eigenvalue weighted by molar-refractivity contribution is 6.00. The Labute approximate surface area is 168 Å². The first kappa shape index (κ1) is 22.9. The largest absolute Gasteiger partial charge is 0.466 e. The van der Waals surface area contributed by atoms with Crippen molar-refractivity contribution in [2.75, 3.05) is 13.7 Å². The van der Waals surface area contributed by atoms with Crippen LogP contribution in [0.25, 0.3) is 0 Å². The molecule has 9 nitrogen and oxygen atoms in total. The number of hydrogen-bond acceptors (Lipinski definition) is 9. The van der Waals surface area contributed by atoms with Gasteiger partial charge in [-0.25, -0.2) is 9.59 Å². The molecule has 0 aliphatic heterocycles. The van der Waals surface area contributed by atoms with Crippen LogP contribution in [0.1, 0.15) is 26.2 Å². The molecule has 0 aromatic rings. The Kier molecular flexibility index (Phi) is 6.77.